The van der Waals surface area contributed by atoms with Gasteiger partial charge in [0.15, 0.2) is 0 Å². The molecule has 1 heterocycles. The van der Waals surface area contributed by atoms with Gasteiger partial charge in [-0.05, 0) is 19.9 Å². The molecule has 1 aromatic heterocycles. The number of carbonyl (C=O) groups excluding carboxylic acids is 1. The molecule has 1 aromatic rings. The van der Waals surface area contributed by atoms with E-state index in [9.17, 15) is 4.79 Å². The van der Waals surface area contributed by atoms with Crippen LogP contribution in [0.1, 0.15) is 13.8 Å². The summed E-state index contributed by atoms with van der Waals surface area (Å²) in [5.41, 5.74) is 0. The number of carbonyl (C=O) groups is 1. The standard InChI is InChI=1S/C10H16N4O/c1-4-14(3)9(15)8(2)13-10-11-6-5-7-12-10/h5-8H,4H2,1-3H3,(H,11,12,13). The van der Waals surface area contributed by atoms with Crippen molar-refractivity contribution in [3.05, 3.63) is 18.5 Å². The Balaban J connectivity index is 2.56. The van der Waals surface area contributed by atoms with E-state index < -0.39 is 0 Å². The van der Waals surface area contributed by atoms with Crippen LogP contribution in [0.2, 0.25) is 0 Å². The molecular weight excluding hydrogens is 192 g/mol. The van der Waals surface area contributed by atoms with E-state index in [1.165, 1.54) is 0 Å². The van der Waals surface area contributed by atoms with E-state index in [2.05, 4.69) is 15.3 Å². The van der Waals surface area contributed by atoms with Gasteiger partial charge in [-0.15, -0.1) is 0 Å². The number of amides is 1. The first-order valence-corrected chi connectivity index (χ1v) is 4.93. The molecule has 5 heteroatoms. The van der Waals surface area contributed by atoms with Crippen LogP contribution < -0.4 is 5.32 Å². The Morgan fingerprint density at radius 2 is 2.13 bits per heavy atom. The number of nitrogens with one attached hydrogen (secondary N) is 1. The Labute approximate surface area is 89.5 Å². The topological polar surface area (TPSA) is 58.1 Å². The van der Waals surface area contributed by atoms with Gasteiger partial charge in [0.25, 0.3) is 0 Å². The minimum absolute atomic E-state index is 0.0324. The van der Waals surface area contributed by atoms with E-state index in [1.54, 1.807) is 37.3 Å². The van der Waals surface area contributed by atoms with Crippen LogP contribution in [0.4, 0.5) is 5.95 Å². The minimum Gasteiger partial charge on any atom is -0.344 e. The van der Waals surface area contributed by atoms with Crippen LogP contribution in [0.15, 0.2) is 18.5 Å². The van der Waals surface area contributed by atoms with Gasteiger partial charge in [0.1, 0.15) is 6.04 Å². The maximum atomic E-state index is 11.7. The van der Waals surface area contributed by atoms with E-state index >= 15 is 0 Å². The molecule has 0 saturated heterocycles. The molecule has 15 heavy (non-hydrogen) atoms. The van der Waals surface area contributed by atoms with Gasteiger partial charge in [-0.1, -0.05) is 0 Å². The number of hydrogen-bond acceptors (Lipinski definition) is 4. The summed E-state index contributed by atoms with van der Waals surface area (Å²) < 4.78 is 0. The lowest BCUT2D eigenvalue weighted by molar-refractivity contribution is -0.130. The van der Waals surface area contributed by atoms with Crippen molar-refractivity contribution in [3.8, 4) is 0 Å². The van der Waals surface area contributed by atoms with Crippen LogP contribution in [-0.4, -0.2) is 40.4 Å². The minimum atomic E-state index is -0.308. The van der Waals surface area contributed by atoms with Crippen LogP contribution in [-0.2, 0) is 4.79 Å². The van der Waals surface area contributed by atoms with Crippen molar-refractivity contribution in [3.63, 3.8) is 0 Å². The number of nitrogens with zero attached hydrogens (tertiary/aromatic N) is 3. The Morgan fingerprint density at radius 1 is 1.53 bits per heavy atom. The molecule has 0 bridgehead atoms. The summed E-state index contributed by atoms with van der Waals surface area (Å²) in [7, 11) is 1.77. The monoisotopic (exact) mass is 208 g/mol. The molecule has 1 N–H and O–H groups in total. The first-order valence-electron chi connectivity index (χ1n) is 4.93. The molecule has 0 fully saturated rings. The number of anilines is 1. The van der Waals surface area contributed by atoms with Crippen molar-refractivity contribution in [1.29, 1.82) is 0 Å². The third kappa shape index (κ3) is 3.19. The SMILES string of the molecule is CCN(C)C(=O)C(C)Nc1ncccn1. The van der Waals surface area contributed by atoms with Gasteiger partial charge in [0.05, 0.1) is 0 Å². The summed E-state index contributed by atoms with van der Waals surface area (Å²) >= 11 is 0. The third-order valence-electron chi connectivity index (χ3n) is 2.13. The lowest BCUT2D eigenvalue weighted by Crippen LogP contribution is -2.39. The summed E-state index contributed by atoms with van der Waals surface area (Å²) in [6.07, 6.45) is 3.27. The number of hydrogen-bond donors (Lipinski definition) is 1. The molecule has 1 rings (SSSR count). The lowest BCUT2D eigenvalue weighted by atomic mass is 10.3. The van der Waals surface area contributed by atoms with Gasteiger partial charge in [-0.25, -0.2) is 9.97 Å². The highest BCUT2D eigenvalue weighted by atomic mass is 16.2. The van der Waals surface area contributed by atoms with Gasteiger partial charge in [0, 0.05) is 26.0 Å². The smallest absolute Gasteiger partial charge is 0.244 e. The molecule has 0 spiro atoms. The molecule has 1 amide bonds. The summed E-state index contributed by atoms with van der Waals surface area (Å²) in [5.74, 6) is 0.507. The normalized spacial score (nSPS) is 11.9. The maximum Gasteiger partial charge on any atom is 0.244 e. The lowest BCUT2D eigenvalue weighted by Gasteiger charge is -2.20. The molecule has 0 aliphatic rings. The van der Waals surface area contributed by atoms with Crippen molar-refractivity contribution in [2.24, 2.45) is 0 Å². The summed E-state index contributed by atoms with van der Waals surface area (Å²) in [4.78, 5) is 21.3. The van der Waals surface area contributed by atoms with Crippen molar-refractivity contribution < 1.29 is 4.79 Å². The van der Waals surface area contributed by atoms with E-state index in [1.807, 2.05) is 6.92 Å². The first kappa shape index (κ1) is 11.4. The second kappa shape index (κ2) is 5.29. The van der Waals surface area contributed by atoms with Crippen LogP contribution in [0.5, 0.6) is 0 Å². The van der Waals surface area contributed by atoms with Crippen molar-refractivity contribution in [1.82, 2.24) is 14.9 Å². The average Bonchev–Trinajstić information content (AvgIpc) is 2.28. The summed E-state index contributed by atoms with van der Waals surface area (Å²) in [5, 5.41) is 2.94. The maximum absolute atomic E-state index is 11.7. The first-order chi connectivity index (χ1) is 7.15. The molecule has 0 aliphatic heterocycles. The Morgan fingerprint density at radius 3 is 2.67 bits per heavy atom. The highest BCUT2D eigenvalue weighted by molar-refractivity contribution is 5.83. The highest BCUT2D eigenvalue weighted by Crippen LogP contribution is 2.00. The molecule has 0 aromatic carbocycles. The third-order valence-corrected chi connectivity index (χ3v) is 2.13. The predicted molar refractivity (Wildman–Crippen MR) is 58.4 cm³/mol. The summed E-state index contributed by atoms with van der Waals surface area (Å²) in [6, 6.07) is 1.42. The zero-order chi connectivity index (χ0) is 11.3. The van der Waals surface area contributed by atoms with E-state index in [-0.39, 0.29) is 11.9 Å². The largest absolute Gasteiger partial charge is 0.344 e. The zero-order valence-corrected chi connectivity index (χ0v) is 9.27. The molecular formula is C10H16N4O. The molecule has 1 unspecified atom stereocenters. The molecule has 1 atom stereocenters. The second-order valence-electron chi connectivity index (χ2n) is 3.29. The number of likely N-dealkylation sites (N-methyl/N-ethyl adjacent to an activating group) is 1. The van der Waals surface area contributed by atoms with Crippen molar-refractivity contribution >= 4 is 11.9 Å². The van der Waals surface area contributed by atoms with Crippen LogP contribution >= 0.6 is 0 Å². The van der Waals surface area contributed by atoms with Crippen LogP contribution in [0.25, 0.3) is 0 Å². The summed E-state index contributed by atoms with van der Waals surface area (Å²) in [6.45, 7) is 4.43. The Kier molecular flexibility index (Phi) is 4.03. The van der Waals surface area contributed by atoms with Crippen LogP contribution in [0.3, 0.4) is 0 Å². The number of rotatable bonds is 4. The van der Waals surface area contributed by atoms with E-state index in [4.69, 9.17) is 0 Å². The van der Waals surface area contributed by atoms with Crippen molar-refractivity contribution in [2.45, 2.75) is 19.9 Å². The molecule has 5 nitrogen and oxygen atoms in total. The van der Waals surface area contributed by atoms with Gasteiger partial charge < -0.3 is 10.2 Å². The van der Waals surface area contributed by atoms with Gasteiger partial charge >= 0.3 is 0 Å². The number of aromatic nitrogens is 2. The van der Waals surface area contributed by atoms with Gasteiger partial charge in [-0.3, -0.25) is 4.79 Å². The fourth-order valence-corrected chi connectivity index (χ4v) is 1.12. The highest BCUT2D eigenvalue weighted by Gasteiger charge is 2.16. The molecule has 0 radical (unpaired) electrons. The van der Waals surface area contributed by atoms with Gasteiger partial charge in [-0.2, -0.15) is 0 Å². The van der Waals surface area contributed by atoms with Crippen molar-refractivity contribution in [2.75, 3.05) is 18.9 Å². The quantitative estimate of drug-likeness (QED) is 0.793. The average molecular weight is 208 g/mol. The Bertz CT molecular complexity index is 314. The molecule has 0 aliphatic carbocycles. The molecule has 82 valence electrons. The predicted octanol–water partition coefficient (Wildman–Crippen LogP) is 0.755. The molecule has 0 saturated carbocycles. The van der Waals surface area contributed by atoms with Crippen LogP contribution in [0, 0.1) is 0 Å². The Hall–Kier alpha value is -1.65. The van der Waals surface area contributed by atoms with E-state index in [0.29, 0.717) is 12.5 Å². The fourth-order valence-electron chi connectivity index (χ4n) is 1.12. The zero-order valence-electron chi connectivity index (χ0n) is 9.27. The van der Waals surface area contributed by atoms with E-state index in [0.717, 1.165) is 0 Å². The van der Waals surface area contributed by atoms with Gasteiger partial charge in [0.2, 0.25) is 11.9 Å². The second-order valence-corrected chi connectivity index (χ2v) is 3.29. The fraction of sp³-hybridized carbons (Fsp3) is 0.500.